The van der Waals surface area contributed by atoms with Crippen molar-refractivity contribution < 1.29 is 0 Å². The Hall–Kier alpha value is -2.15. The first-order chi connectivity index (χ1) is 10.5. The number of allylic oxidation sites excluding steroid dienone is 2. The average Bonchev–Trinajstić information content (AvgIpc) is 2.49. The Morgan fingerprint density at radius 3 is 2.00 bits per heavy atom. The van der Waals surface area contributed by atoms with Crippen LogP contribution in [-0.4, -0.2) is 6.21 Å². The van der Waals surface area contributed by atoms with Crippen molar-refractivity contribution in [3.05, 3.63) is 76.4 Å². The average molecular weight is 293 g/mol. The lowest BCUT2D eigenvalue weighted by molar-refractivity contribution is 1.11. The number of rotatable bonds is 3. The van der Waals surface area contributed by atoms with Gasteiger partial charge in [-0.3, -0.25) is 0 Å². The summed E-state index contributed by atoms with van der Waals surface area (Å²) in [7, 11) is 0. The van der Waals surface area contributed by atoms with Crippen molar-refractivity contribution in [3.63, 3.8) is 0 Å². The van der Waals surface area contributed by atoms with Crippen LogP contribution in [0.1, 0.15) is 41.7 Å². The summed E-state index contributed by atoms with van der Waals surface area (Å²) in [5.74, 6) is 0. The van der Waals surface area contributed by atoms with Gasteiger partial charge in [-0.1, -0.05) is 66.6 Å². The lowest BCUT2D eigenvalue weighted by Gasteiger charge is -2.04. The Kier molecular flexibility index (Phi) is 7.31. The van der Waals surface area contributed by atoms with Gasteiger partial charge in [-0.2, -0.15) is 0 Å². The molecule has 0 radical (unpaired) electrons. The predicted molar refractivity (Wildman–Crippen MR) is 98.9 cm³/mol. The maximum Gasteiger partial charge on any atom is 0.0253 e. The van der Waals surface area contributed by atoms with E-state index in [1.165, 1.54) is 28.5 Å². The van der Waals surface area contributed by atoms with Crippen LogP contribution in [0.15, 0.2) is 48.5 Å². The Bertz CT molecular complexity index is 630. The normalized spacial score (nSPS) is 10.7. The lowest BCUT2D eigenvalue weighted by Crippen LogP contribution is -1.87. The molecule has 0 aliphatic heterocycles. The van der Waals surface area contributed by atoms with Gasteiger partial charge in [0.25, 0.3) is 0 Å². The minimum absolute atomic E-state index is 0.979. The summed E-state index contributed by atoms with van der Waals surface area (Å²) in [4.78, 5) is 0. The van der Waals surface area contributed by atoms with E-state index in [0.29, 0.717) is 0 Å². The lowest BCUT2D eigenvalue weighted by atomic mass is 10.0. The quantitative estimate of drug-likeness (QED) is 0.680. The minimum atomic E-state index is 0.979. The van der Waals surface area contributed by atoms with Crippen LogP contribution in [0.2, 0.25) is 0 Å². The standard InChI is InChI=1S/C12H15N.C9H12/c1-4-11(8-13)12-6-9(2)5-10(3)7-12;1-3-9-7-5-4-6-8(9)2/h4-8,13H,1-3H3;4-7H,3H2,1-2H3/b11-4+,13-8?;. The van der Waals surface area contributed by atoms with Crippen molar-refractivity contribution in [3.8, 4) is 0 Å². The molecule has 0 fully saturated rings. The molecule has 2 aromatic rings. The molecule has 0 atom stereocenters. The van der Waals surface area contributed by atoms with E-state index in [1.54, 1.807) is 0 Å². The highest BCUT2D eigenvalue weighted by atomic mass is 14.3. The summed E-state index contributed by atoms with van der Waals surface area (Å²) in [5, 5.41) is 7.25. The molecule has 1 heteroatoms. The summed E-state index contributed by atoms with van der Waals surface area (Å²) in [6.45, 7) is 10.4. The van der Waals surface area contributed by atoms with E-state index in [0.717, 1.165) is 17.6 Å². The molecule has 0 saturated carbocycles. The first-order valence-electron chi connectivity index (χ1n) is 7.81. The number of hydrogen-bond donors (Lipinski definition) is 1. The van der Waals surface area contributed by atoms with Crippen LogP contribution in [0.4, 0.5) is 0 Å². The van der Waals surface area contributed by atoms with Gasteiger partial charge in [0.1, 0.15) is 0 Å². The largest absolute Gasteiger partial charge is 0.308 e. The second-order valence-electron chi connectivity index (χ2n) is 5.54. The van der Waals surface area contributed by atoms with Gasteiger partial charge < -0.3 is 5.41 Å². The third-order valence-electron chi connectivity index (χ3n) is 3.66. The topological polar surface area (TPSA) is 23.9 Å². The molecular formula is C21H27N. The van der Waals surface area contributed by atoms with Crippen LogP contribution in [-0.2, 0) is 6.42 Å². The first kappa shape index (κ1) is 17.9. The fourth-order valence-electron chi connectivity index (χ4n) is 2.48. The Balaban J connectivity index is 0.000000235. The Labute approximate surface area is 135 Å². The molecule has 0 heterocycles. The number of benzene rings is 2. The fourth-order valence-corrected chi connectivity index (χ4v) is 2.48. The number of aryl methyl sites for hydroxylation is 4. The smallest absolute Gasteiger partial charge is 0.0253 e. The van der Waals surface area contributed by atoms with Gasteiger partial charge in [-0.25, -0.2) is 0 Å². The molecule has 1 N–H and O–H groups in total. The van der Waals surface area contributed by atoms with Crippen molar-refractivity contribution in [2.75, 3.05) is 0 Å². The summed E-state index contributed by atoms with van der Waals surface area (Å²) < 4.78 is 0. The van der Waals surface area contributed by atoms with Gasteiger partial charge in [-0.05, 0) is 56.4 Å². The van der Waals surface area contributed by atoms with Crippen LogP contribution >= 0.6 is 0 Å². The monoisotopic (exact) mass is 293 g/mol. The number of hydrogen-bond acceptors (Lipinski definition) is 1. The maximum atomic E-state index is 7.25. The zero-order valence-electron chi connectivity index (χ0n) is 14.4. The molecule has 0 bridgehead atoms. The maximum absolute atomic E-state index is 7.25. The summed E-state index contributed by atoms with van der Waals surface area (Å²) in [5.41, 5.74) is 7.46. The predicted octanol–water partition coefficient (Wildman–Crippen LogP) is 5.91. The van der Waals surface area contributed by atoms with Crippen molar-refractivity contribution in [2.24, 2.45) is 0 Å². The first-order valence-corrected chi connectivity index (χ1v) is 7.81. The molecule has 0 amide bonds. The third kappa shape index (κ3) is 5.33. The van der Waals surface area contributed by atoms with Crippen LogP contribution < -0.4 is 0 Å². The van der Waals surface area contributed by atoms with Crippen molar-refractivity contribution in [1.82, 2.24) is 0 Å². The Morgan fingerprint density at radius 2 is 1.59 bits per heavy atom. The van der Waals surface area contributed by atoms with E-state index >= 15 is 0 Å². The van der Waals surface area contributed by atoms with Crippen LogP contribution in [0.3, 0.4) is 0 Å². The highest BCUT2D eigenvalue weighted by Gasteiger charge is 1.98. The van der Waals surface area contributed by atoms with Crippen molar-refractivity contribution in [2.45, 2.75) is 41.0 Å². The SMILES string of the molecule is C/C=C(\C=N)c1cc(C)cc(C)c1.CCc1ccccc1C. The Morgan fingerprint density at radius 1 is 1.00 bits per heavy atom. The van der Waals surface area contributed by atoms with Gasteiger partial charge in [0.2, 0.25) is 0 Å². The molecule has 1 nitrogen and oxygen atoms in total. The molecule has 0 aliphatic carbocycles. The molecule has 0 saturated heterocycles. The number of nitrogens with one attached hydrogen (secondary N) is 1. The zero-order chi connectivity index (χ0) is 16.5. The molecule has 0 spiro atoms. The van der Waals surface area contributed by atoms with E-state index in [-0.39, 0.29) is 0 Å². The van der Waals surface area contributed by atoms with Gasteiger partial charge in [0.05, 0.1) is 0 Å². The fraction of sp³-hybridized carbons (Fsp3) is 0.286. The van der Waals surface area contributed by atoms with Gasteiger partial charge in [0, 0.05) is 6.21 Å². The van der Waals surface area contributed by atoms with E-state index in [1.807, 2.05) is 13.0 Å². The minimum Gasteiger partial charge on any atom is -0.308 e. The van der Waals surface area contributed by atoms with Gasteiger partial charge in [-0.15, -0.1) is 0 Å². The van der Waals surface area contributed by atoms with Gasteiger partial charge in [0.15, 0.2) is 0 Å². The zero-order valence-corrected chi connectivity index (χ0v) is 14.4. The van der Waals surface area contributed by atoms with E-state index in [9.17, 15) is 0 Å². The van der Waals surface area contributed by atoms with Crippen LogP contribution in [0.5, 0.6) is 0 Å². The van der Waals surface area contributed by atoms with Crippen molar-refractivity contribution >= 4 is 11.8 Å². The third-order valence-corrected chi connectivity index (χ3v) is 3.66. The van der Waals surface area contributed by atoms with E-state index < -0.39 is 0 Å². The summed E-state index contributed by atoms with van der Waals surface area (Å²) >= 11 is 0. The van der Waals surface area contributed by atoms with Gasteiger partial charge >= 0.3 is 0 Å². The van der Waals surface area contributed by atoms with Crippen LogP contribution in [0, 0.1) is 26.2 Å². The molecule has 2 rings (SSSR count). The van der Waals surface area contributed by atoms with E-state index in [2.05, 4.69) is 70.2 Å². The summed E-state index contributed by atoms with van der Waals surface area (Å²) in [6.07, 6.45) is 4.50. The second-order valence-corrected chi connectivity index (χ2v) is 5.54. The highest BCUT2D eigenvalue weighted by molar-refractivity contribution is 6.08. The van der Waals surface area contributed by atoms with Crippen molar-refractivity contribution in [1.29, 1.82) is 5.41 Å². The highest BCUT2D eigenvalue weighted by Crippen LogP contribution is 2.16. The molecule has 0 aliphatic rings. The summed E-state index contributed by atoms with van der Waals surface area (Å²) in [6, 6.07) is 14.8. The molecule has 22 heavy (non-hydrogen) atoms. The molecule has 0 unspecified atom stereocenters. The molecule has 0 aromatic heterocycles. The van der Waals surface area contributed by atoms with E-state index in [4.69, 9.17) is 5.41 Å². The molecule has 2 aromatic carbocycles. The molecule has 116 valence electrons. The molecular weight excluding hydrogens is 266 g/mol. The second kappa shape index (κ2) is 8.99. The van der Waals surface area contributed by atoms with Crippen LogP contribution in [0.25, 0.3) is 5.57 Å².